The Morgan fingerprint density at radius 1 is 1.31 bits per heavy atom. The molecule has 16 heavy (non-hydrogen) atoms. The number of urea groups is 1. The van der Waals surface area contributed by atoms with Gasteiger partial charge in [-0.05, 0) is 33.4 Å². The van der Waals surface area contributed by atoms with Crippen molar-refractivity contribution in [2.75, 3.05) is 18.8 Å². The standard InChI is InChI=1S/C11H23N3OS/c1-6-14(7-2)11(15)13-10(16-8-3)12-9(4)5/h9H,6-8H2,1-5H3,(H,12,13,15). The van der Waals surface area contributed by atoms with Crippen molar-refractivity contribution in [3.63, 3.8) is 0 Å². The van der Waals surface area contributed by atoms with Crippen molar-refractivity contribution in [1.29, 1.82) is 0 Å². The van der Waals surface area contributed by atoms with Crippen LogP contribution in [0.3, 0.4) is 0 Å². The van der Waals surface area contributed by atoms with Gasteiger partial charge in [0.2, 0.25) is 0 Å². The van der Waals surface area contributed by atoms with Gasteiger partial charge in [-0.2, -0.15) is 0 Å². The number of rotatable bonds is 4. The SMILES string of the molecule is CCSC(=NC(C)C)NC(=O)N(CC)CC. The van der Waals surface area contributed by atoms with Gasteiger partial charge >= 0.3 is 6.03 Å². The van der Waals surface area contributed by atoms with Gasteiger partial charge in [0.1, 0.15) is 0 Å². The molecule has 0 saturated carbocycles. The molecule has 0 aliphatic heterocycles. The lowest BCUT2D eigenvalue weighted by Crippen LogP contribution is -2.42. The fourth-order valence-electron chi connectivity index (χ4n) is 1.16. The van der Waals surface area contributed by atoms with Crippen LogP contribution >= 0.6 is 11.8 Å². The summed E-state index contributed by atoms with van der Waals surface area (Å²) in [6, 6.07) is 0.136. The van der Waals surface area contributed by atoms with E-state index in [9.17, 15) is 4.79 Å². The van der Waals surface area contributed by atoms with Gasteiger partial charge in [0.15, 0.2) is 5.17 Å². The van der Waals surface area contributed by atoms with Crippen molar-refractivity contribution in [3.05, 3.63) is 0 Å². The summed E-state index contributed by atoms with van der Waals surface area (Å²) in [5, 5.41) is 3.57. The summed E-state index contributed by atoms with van der Waals surface area (Å²) < 4.78 is 0. The zero-order chi connectivity index (χ0) is 12.6. The van der Waals surface area contributed by atoms with E-state index in [2.05, 4.69) is 10.3 Å². The summed E-state index contributed by atoms with van der Waals surface area (Å²) in [6.45, 7) is 11.4. The lowest BCUT2D eigenvalue weighted by molar-refractivity contribution is 0.208. The van der Waals surface area contributed by atoms with E-state index < -0.39 is 0 Å². The molecule has 0 rings (SSSR count). The van der Waals surface area contributed by atoms with Crippen molar-refractivity contribution < 1.29 is 4.79 Å². The molecule has 94 valence electrons. The fraction of sp³-hybridized carbons (Fsp3) is 0.818. The minimum atomic E-state index is -0.0645. The summed E-state index contributed by atoms with van der Waals surface area (Å²) in [5.74, 6) is 0.907. The molecule has 0 radical (unpaired) electrons. The zero-order valence-electron chi connectivity index (χ0n) is 10.9. The number of carbonyl (C=O) groups is 1. The number of aliphatic imine (C=N–C) groups is 1. The Labute approximate surface area is 103 Å². The van der Waals surface area contributed by atoms with Crippen LogP contribution in [0.2, 0.25) is 0 Å². The van der Waals surface area contributed by atoms with E-state index in [1.807, 2.05) is 34.6 Å². The Morgan fingerprint density at radius 3 is 2.25 bits per heavy atom. The molecule has 0 aromatic carbocycles. The van der Waals surface area contributed by atoms with Crippen molar-refractivity contribution in [2.24, 2.45) is 4.99 Å². The molecule has 0 spiro atoms. The molecule has 0 fully saturated rings. The van der Waals surface area contributed by atoms with Crippen LogP contribution < -0.4 is 5.32 Å². The van der Waals surface area contributed by atoms with E-state index in [1.54, 1.807) is 16.7 Å². The second-order valence-corrected chi connectivity index (χ2v) is 4.82. The molecule has 0 aromatic heterocycles. The van der Waals surface area contributed by atoms with E-state index in [1.165, 1.54) is 0 Å². The molecular formula is C11H23N3OS. The van der Waals surface area contributed by atoms with E-state index in [0.717, 1.165) is 10.9 Å². The highest BCUT2D eigenvalue weighted by molar-refractivity contribution is 8.13. The highest BCUT2D eigenvalue weighted by Crippen LogP contribution is 2.04. The van der Waals surface area contributed by atoms with E-state index in [4.69, 9.17) is 0 Å². The van der Waals surface area contributed by atoms with Gasteiger partial charge in [0, 0.05) is 19.1 Å². The Kier molecular flexibility index (Phi) is 8.07. The maximum absolute atomic E-state index is 11.8. The van der Waals surface area contributed by atoms with Crippen molar-refractivity contribution in [2.45, 2.75) is 40.7 Å². The number of nitrogens with one attached hydrogen (secondary N) is 1. The summed E-state index contributed by atoms with van der Waals surface area (Å²) in [7, 11) is 0. The highest BCUT2D eigenvalue weighted by atomic mass is 32.2. The van der Waals surface area contributed by atoms with Gasteiger partial charge in [-0.15, -0.1) is 0 Å². The van der Waals surface area contributed by atoms with E-state index in [0.29, 0.717) is 13.1 Å². The van der Waals surface area contributed by atoms with Crippen molar-refractivity contribution >= 4 is 23.0 Å². The molecule has 1 N–H and O–H groups in total. The summed E-state index contributed by atoms with van der Waals surface area (Å²) in [5.41, 5.74) is 0. The first-order valence-corrected chi connectivity index (χ1v) is 6.80. The van der Waals surface area contributed by atoms with Crippen LogP contribution in [-0.2, 0) is 0 Å². The van der Waals surface area contributed by atoms with Gasteiger partial charge < -0.3 is 4.90 Å². The van der Waals surface area contributed by atoms with Gasteiger partial charge in [0.05, 0.1) is 0 Å². The van der Waals surface area contributed by atoms with Gasteiger partial charge in [-0.3, -0.25) is 10.3 Å². The molecule has 0 aliphatic rings. The van der Waals surface area contributed by atoms with Gasteiger partial charge in [-0.1, -0.05) is 18.7 Å². The minimum absolute atomic E-state index is 0.0645. The summed E-state index contributed by atoms with van der Waals surface area (Å²) in [4.78, 5) is 17.9. The molecule has 0 aliphatic carbocycles. The topological polar surface area (TPSA) is 44.7 Å². The summed E-state index contributed by atoms with van der Waals surface area (Å²) in [6.07, 6.45) is 0. The molecule has 2 amide bonds. The van der Waals surface area contributed by atoms with Crippen LogP contribution in [0.15, 0.2) is 4.99 Å². The predicted molar refractivity (Wildman–Crippen MR) is 72.2 cm³/mol. The smallest absolute Gasteiger partial charge is 0.323 e. The number of amidine groups is 1. The number of hydrogen-bond donors (Lipinski definition) is 1. The molecule has 0 heterocycles. The average Bonchev–Trinajstić information content (AvgIpc) is 2.18. The normalized spacial score (nSPS) is 11.8. The molecule has 4 nitrogen and oxygen atoms in total. The third-order valence-corrected chi connectivity index (χ3v) is 2.69. The number of nitrogens with zero attached hydrogens (tertiary/aromatic N) is 2. The zero-order valence-corrected chi connectivity index (χ0v) is 11.7. The molecule has 5 heteroatoms. The largest absolute Gasteiger partial charge is 0.325 e. The quantitative estimate of drug-likeness (QED) is 0.611. The lowest BCUT2D eigenvalue weighted by atomic mass is 10.4. The van der Waals surface area contributed by atoms with Crippen LogP contribution in [0, 0.1) is 0 Å². The predicted octanol–water partition coefficient (Wildman–Crippen LogP) is 2.56. The average molecular weight is 245 g/mol. The maximum Gasteiger partial charge on any atom is 0.323 e. The second kappa shape index (κ2) is 8.44. The number of thioether (sulfide) groups is 1. The fourth-order valence-corrected chi connectivity index (χ4v) is 1.88. The molecule has 0 aromatic rings. The maximum atomic E-state index is 11.8. The third-order valence-electron chi connectivity index (χ3n) is 1.92. The Bertz CT molecular complexity index is 237. The molecule has 0 bridgehead atoms. The van der Waals surface area contributed by atoms with Gasteiger partial charge in [0.25, 0.3) is 0 Å². The lowest BCUT2D eigenvalue weighted by Gasteiger charge is -2.19. The van der Waals surface area contributed by atoms with Crippen LogP contribution in [-0.4, -0.2) is 41.0 Å². The van der Waals surface area contributed by atoms with Gasteiger partial charge in [-0.25, -0.2) is 4.79 Å². The van der Waals surface area contributed by atoms with E-state index in [-0.39, 0.29) is 12.1 Å². The molecule has 0 atom stereocenters. The van der Waals surface area contributed by atoms with Crippen LogP contribution in [0.5, 0.6) is 0 Å². The van der Waals surface area contributed by atoms with Crippen LogP contribution in [0.25, 0.3) is 0 Å². The minimum Gasteiger partial charge on any atom is -0.325 e. The molecular weight excluding hydrogens is 222 g/mol. The Balaban J connectivity index is 4.44. The first-order chi connectivity index (χ1) is 7.54. The molecule has 0 saturated heterocycles. The van der Waals surface area contributed by atoms with Crippen LogP contribution in [0.1, 0.15) is 34.6 Å². The third kappa shape index (κ3) is 6.00. The first-order valence-electron chi connectivity index (χ1n) is 5.81. The Morgan fingerprint density at radius 2 is 1.88 bits per heavy atom. The van der Waals surface area contributed by atoms with Crippen molar-refractivity contribution in [1.82, 2.24) is 10.2 Å². The first kappa shape index (κ1) is 15.3. The number of carbonyl (C=O) groups excluding carboxylic acids is 1. The summed E-state index contributed by atoms with van der Waals surface area (Å²) >= 11 is 1.56. The Hall–Kier alpha value is -0.710. The highest BCUT2D eigenvalue weighted by Gasteiger charge is 2.11. The number of amides is 2. The number of hydrogen-bond acceptors (Lipinski definition) is 3. The molecule has 0 unspecified atom stereocenters. The monoisotopic (exact) mass is 245 g/mol. The second-order valence-electron chi connectivity index (χ2n) is 3.56. The van der Waals surface area contributed by atoms with E-state index >= 15 is 0 Å². The van der Waals surface area contributed by atoms with Crippen molar-refractivity contribution in [3.8, 4) is 0 Å². The van der Waals surface area contributed by atoms with Crippen LogP contribution in [0.4, 0.5) is 4.79 Å².